The van der Waals surface area contributed by atoms with E-state index in [0.29, 0.717) is 0 Å². The number of fused-ring (bicyclic) bond motifs is 4. The number of hydrogen-bond acceptors (Lipinski definition) is 2. The van der Waals surface area contributed by atoms with Gasteiger partial charge in [-0.25, -0.2) is 9.97 Å². The fraction of sp³-hybridized carbons (Fsp3) is 0. The van der Waals surface area contributed by atoms with Crippen molar-refractivity contribution in [1.82, 2.24) is 14.5 Å². The van der Waals surface area contributed by atoms with Gasteiger partial charge in [0.2, 0.25) is 0 Å². The lowest BCUT2D eigenvalue weighted by molar-refractivity contribution is 1.18. The van der Waals surface area contributed by atoms with Crippen LogP contribution < -0.4 is 0 Å². The molecule has 0 bridgehead atoms. The molecule has 0 spiro atoms. The normalized spacial score (nSPS) is 11.4. The van der Waals surface area contributed by atoms with Gasteiger partial charge in [0.15, 0.2) is 5.82 Å². The van der Waals surface area contributed by atoms with Gasteiger partial charge in [0, 0.05) is 33.2 Å². The predicted octanol–water partition coefficient (Wildman–Crippen LogP) is 13.1. The number of nitrogens with zero attached hydrogens (tertiary/aromatic N) is 3. The van der Waals surface area contributed by atoms with Crippen LogP contribution in [0.2, 0.25) is 0 Å². The van der Waals surface area contributed by atoms with Crippen LogP contribution in [-0.4, -0.2) is 14.5 Å². The topological polar surface area (TPSA) is 30.7 Å². The van der Waals surface area contributed by atoms with Crippen molar-refractivity contribution in [3.63, 3.8) is 0 Å². The smallest absolute Gasteiger partial charge is 0.160 e. The van der Waals surface area contributed by atoms with Gasteiger partial charge in [0.1, 0.15) is 0 Å². The van der Waals surface area contributed by atoms with Crippen molar-refractivity contribution in [2.75, 3.05) is 0 Å². The van der Waals surface area contributed by atoms with E-state index in [-0.39, 0.29) is 0 Å². The molecule has 53 heavy (non-hydrogen) atoms. The third kappa shape index (κ3) is 5.56. The summed E-state index contributed by atoms with van der Waals surface area (Å²) >= 11 is 0. The Bertz CT molecular complexity index is 2840. The quantitative estimate of drug-likeness (QED) is 0.176. The molecular formula is C50H33N3. The molecule has 248 valence electrons. The Labute approximate surface area is 308 Å². The number of rotatable bonds is 6. The maximum absolute atomic E-state index is 5.01. The molecule has 0 atom stereocenters. The molecule has 0 saturated carbocycles. The SMILES string of the molecule is c1ccc(-c2cc(-c3ccc(-c4ccc(-n5c6ccccc6c6cc(-c7cccc8ccccc78)ccc65)cc4)cc3)nc(-c3ccccc3)n2)cc1. The second kappa shape index (κ2) is 12.9. The van der Waals surface area contributed by atoms with Crippen LogP contribution in [0.1, 0.15) is 0 Å². The summed E-state index contributed by atoms with van der Waals surface area (Å²) in [6.45, 7) is 0. The van der Waals surface area contributed by atoms with E-state index in [1.807, 2.05) is 36.4 Å². The average Bonchev–Trinajstić information content (AvgIpc) is 3.58. The van der Waals surface area contributed by atoms with Gasteiger partial charge in [-0.15, -0.1) is 0 Å². The third-order valence-corrected chi connectivity index (χ3v) is 10.2. The minimum absolute atomic E-state index is 0.719. The van der Waals surface area contributed by atoms with E-state index in [0.717, 1.165) is 50.7 Å². The first kappa shape index (κ1) is 30.7. The highest BCUT2D eigenvalue weighted by Gasteiger charge is 2.15. The molecule has 2 heterocycles. The van der Waals surface area contributed by atoms with Crippen molar-refractivity contribution in [1.29, 1.82) is 0 Å². The van der Waals surface area contributed by atoms with Crippen molar-refractivity contribution in [3.8, 4) is 61.8 Å². The van der Waals surface area contributed by atoms with E-state index < -0.39 is 0 Å². The van der Waals surface area contributed by atoms with Crippen molar-refractivity contribution >= 4 is 32.6 Å². The second-order valence-corrected chi connectivity index (χ2v) is 13.4. The summed E-state index contributed by atoms with van der Waals surface area (Å²) in [5, 5.41) is 5.03. The number of benzene rings is 8. The van der Waals surface area contributed by atoms with Crippen LogP contribution in [0.3, 0.4) is 0 Å². The Hall–Kier alpha value is -7.10. The maximum Gasteiger partial charge on any atom is 0.160 e. The summed E-state index contributed by atoms with van der Waals surface area (Å²) in [5.41, 5.74) is 13.3. The maximum atomic E-state index is 5.01. The van der Waals surface area contributed by atoms with E-state index in [4.69, 9.17) is 9.97 Å². The van der Waals surface area contributed by atoms with Crippen LogP contribution in [0.5, 0.6) is 0 Å². The lowest BCUT2D eigenvalue weighted by Crippen LogP contribution is -1.96. The monoisotopic (exact) mass is 675 g/mol. The Morgan fingerprint density at radius 1 is 0.321 bits per heavy atom. The summed E-state index contributed by atoms with van der Waals surface area (Å²) in [7, 11) is 0. The number of para-hydroxylation sites is 1. The molecule has 0 unspecified atom stereocenters. The van der Waals surface area contributed by atoms with Gasteiger partial charge >= 0.3 is 0 Å². The zero-order valence-corrected chi connectivity index (χ0v) is 28.9. The van der Waals surface area contributed by atoms with E-state index in [1.54, 1.807) is 0 Å². The van der Waals surface area contributed by atoms with Crippen molar-refractivity contribution in [2.45, 2.75) is 0 Å². The summed E-state index contributed by atoms with van der Waals surface area (Å²) in [4.78, 5) is 9.96. The minimum Gasteiger partial charge on any atom is -0.309 e. The minimum atomic E-state index is 0.719. The number of hydrogen-bond donors (Lipinski definition) is 0. The van der Waals surface area contributed by atoms with Crippen molar-refractivity contribution < 1.29 is 0 Å². The fourth-order valence-electron chi connectivity index (χ4n) is 7.60. The van der Waals surface area contributed by atoms with Crippen molar-refractivity contribution in [2.24, 2.45) is 0 Å². The van der Waals surface area contributed by atoms with Gasteiger partial charge < -0.3 is 4.57 Å². The average molecular weight is 676 g/mol. The predicted molar refractivity (Wildman–Crippen MR) is 221 cm³/mol. The largest absolute Gasteiger partial charge is 0.309 e. The first-order valence-electron chi connectivity index (χ1n) is 18.0. The Balaban J connectivity index is 0.996. The summed E-state index contributed by atoms with van der Waals surface area (Å²) < 4.78 is 2.38. The van der Waals surface area contributed by atoms with Crippen LogP contribution in [0.4, 0.5) is 0 Å². The van der Waals surface area contributed by atoms with Crippen LogP contribution in [0, 0.1) is 0 Å². The summed E-state index contributed by atoms with van der Waals surface area (Å²) in [6, 6.07) is 71.0. The van der Waals surface area contributed by atoms with E-state index in [1.165, 1.54) is 43.7 Å². The first-order chi connectivity index (χ1) is 26.3. The molecule has 10 rings (SSSR count). The summed E-state index contributed by atoms with van der Waals surface area (Å²) in [6.07, 6.45) is 0. The molecule has 0 aliphatic carbocycles. The standard InChI is InChI=1S/C50H33N3/c1-3-13-37(14-4-1)46-33-47(52-50(51-46)39-15-5-2-6-16-39)38-24-22-34(23-25-38)35-26-29-41(30-27-35)53-48-21-10-9-19-44(48)45-32-40(28-31-49(45)53)43-20-11-17-36-12-7-8-18-42(36)43/h1-33H. The summed E-state index contributed by atoms with van der Waals surface area (Å²) in [5.74, 6) is 0.719. The highest BCUT2D eigenvalue weighted by Crippen LogP contribution is 2.37. The van der Waals surface area contributed by atoms with E-state index in [9.17, 15) is 0 Å². The molecule has 0 saturated heterocycles. The molecular weight excluding hydrogens is 643 g/mol. The first-order valence-corrected chi connectivity index (χ1v) is 18.0. The van der Waals surface area contributed by atoms with Crippen molar-refractivity contribution in [3.05, 3.63) is 200 Å². The van der Waals surface area contributed by atoms with Crippen LogP contribution in [0.15, 0.2) is 200 Å². The zero-order chi connectivity index (χ0) is 35.1. The molecule has 8 aromatic carbocycles. The van der Waals surface area contributed by atoms with E-state index >= 15 is 0 Å². The molecule has 0 aliphatic rings. The Kier molecular flexibility index (Phi) is 7.47. The van der Waals surface area contributed by atoms with Gasteiger partial charge in [-0.05, 0) is 69.4 Å². The highest BCUT2D eigenvalue weighted by molar-refractivity contribution is 6.11. The van der Waals surface area contributed by atoms with Crippen LogP contribution in [0.25, 0.3) is 94.4 Å². The molecule has 0 aliphatic heterocycles. The van der Waals surface area contributed by atoms with Gasteiger partial charge in [-0.2, -0.15) is 0 Å². The van der Waals surface area contributed by atoms with E-state index in [2.05, 4.69) is 168 Å². The molecule has 10 aromatic rings. The molecule has 0 N–H and O–H groups in total. The lowest BCUT2D eigenvalue weighted by Gasteiger charge is -2.11. The Morgan fingerprint density at radius 3 is 1.58 bits per heavy atom. The molecule has 0 fully saturated rings. The third-order valence-electron chi connectivity index (χ3n) is 10.2. The van der Waals surface area contributed by atoms with Gasteiger partial charge in [0.25, 0.3) is 0 Å². The molecule has 0 radical (unpaired) electrons. The number of aromatic nitrogens is 3. The fourth-order valence-corrected chi connectivity index (χ4v) is 7.60. The Morgan fingerprint density at radius 2 is 0.849 bits per heavy atom. The van der Waals surface area contributed by atoms with Crippen LogP contribution >= 0.6 is 0 Å². The lowest BCUT2D eigenvalue weighted by atomic mass is 9.97. The van der Waals surface area contributed by atoms with Gasteiger partial charge in [-0.1, -0.05) is 164 Å². The molecule has 3 heteroatoms. The molecule has 3 nitrogen and oxygen atoms in total. The van der Waals surface area contributed by atoms with Gasteiger partial charge in [0.05, 0.1) is 22.4 Å². The molecule has 2 aromatic heterocycles. The second-order valence-electron chi connectivity index (χ2n) is 13.4. The molecule has 0 amide bonds. The zero-order valence-electron chi connectivity index (χ0n) is 28.9. The van der Waals surface area contributed by atoms with Gasteiger partial charge in [-0.3, -0.25) is 0 Å². The van der Waals surface area contributed by atoms with Crippen LogP contribution in [-0.2, 0) is 0 Å². The highest BCUT2D eigenvalue weighted by atomic mass is 15.0.